The minimum absolute atomic E-state index is 0.100. The number of benzene rings is 1. The fourth-order valence-corrected chi connectivity index (χ4v) is 1.67. The Kier molecular flexibility index (Phi) is 3.46. The Hall–Kier alpha value is -2.10. The molecule has 1 atom stereocenters. The number of ether oxygens (including phenoxy) is 1. The van der Waals surface area contributed by atoms with Crippen molar-refractivity contribution in [3.8, 4) is 5.75 Å². The third kappa shape index (κ3) is 2.42. The molecule has 1 unspecified atom stereocenters. The van der Waals surface area contributed by atoms with Gasteiger partial charge in [0.05, 0.1) is 11.8 Å². The summed E-state index contributed by atoms with van der Waals surface area (Å²) in [5.41, 5.74) is 0.538. The molecule has 18 heavy (non-hydrogen) atoms. The number of carbonyl (C=O) groups excluding carboxylic acids is 2. The van der Waals surface area contributed by atoms with Crippen LogP contribution in [0.5, 0.6) is 5.75 Å². The van der Waals surface area contributed by atoms with Crippen molar-refractivity contribution >= 4 is 17.5 Å². The summed E-state index contributed by atoms with van der Waals surface area (Å²) in [5, 5.41) is 0. The van der Waals surface area contributed by atoms with E-state index in [0.717, 1.165) is 11.3 Å². The monoisotopic (exact) mass is 245 g/mol. The molecule has 0 N–H and O–H groups in total. The predicted octanol–water partition coefficient (Wildman–Crippen LogP) is 2.29. The number of hydrogen-bond acceptors (Lipinski definition) is 3. The van der Waals surface area contributed by atoms with E-state index in [0.29, 0.717) is 11.4 Å². The van der Waals surface area contributed by atoms with Crippen LogP contribution in [0, 0.1) is 0 Å². The van der Waals surface area contributed by atoms with Gasteiger partial charge in [0.1, 0.15) is 5.75 Å². The maximum Gasteiger partial charge on any atom is 0.258 e. The van der Waals surface area contributed by atoms with Gasteiger partial charge in [0.25, 0.3) is 11.8 Å². The standard InChI is InChI=1S/C14H15NO3/c1-3-10(2)18-12-6-4-5-11(9-12)15-13(16)7-8-14(15)17/h4-10H,3H2,1-2H3. The first-order chi connectivity index (χ1) is 8.61. The molecule has 0 saturated carbocycles. The Morgan fingerprint density at radius 3 is 2.50 bits per heavy atom. The van der Waals surface area contributed by atoms with E-state index in [9.17, 15) is 9.59 Å². The van der Waals surface area contributed by atoms with E-state index >= 15 is 0 Å². The summed E-state index contributed by atoms with van der Waals surface area (Å²) in [6.07, 6.45) is 3.53. The molecule has 1 aliphatic rings. The molecule has 1 aromatic carbocycles. The van der Waals surface area contributed by atoms with Gasteiger partial charge in [-0.15, -0.1) is 0 Å². The number of anilines is 1. The van der Waals surface area contributed by atoms with Crippen LogP contribution in [0.25, 0.3) is 0 Å². The van der Waals surface area contributed by atoms with Gasteiger partial charge in [0, 0.05) is 18.2 Å². The van der Waals surface area contributed by atoms with Gasteiger partial charge in [-0.05, 0) is 25.5 Å². The number of carbonyl (C=O) groups is 2. The number of amides is 2. The van der Waals surface area contributed by atoms with Crippen LogP contribution < -0.4 is 9.64 Å². The van der Waals surface area contributed by atoms with Gasteiger partial charge in [-0.2, -0.15) is 0 Å². The first kappa shape index (κ1) is 12.4. The average molecular weight is 245 g/mol. The molecule has 2 rings (SSSR count). The number of imide groups is 1. The van der Waals surface area contributed by atoms with Crippen LogP contribution in [-0.2, 0) is 9.59 Å². The molecule has 0 aromatic heterocycles. The lowest BCUT2D eigenvalue weighted by atomic mass is 10.2. The quantitative estimate of drug-likeness (QED) is 0.765. The molecule has 0 fully saturated rings. The van der Waals surface area contributed by atoms with Crippen LogP contribution in [0.15, 0.2) is 36.4 Å². The SMILES string of the molecule is CCC(C)Oc1cccc(N2C(=O)C=CC2=O)c1. The van der Waals surface area contributed by atoms with E-state index < -0.39 is 0 Å². The van der Waals surface area contributed by atoms with Crippen molar-refractivity contribution in [3.63, 3.8) is 0 Å². The Morgan fingerprint density at radius 2 is 1.89 bits per heavy atom. The molecule has 0 saturated heterocycles. The topological polar surface area (TPSA) is 46.6 Å². The van der Waals surface area contributed by atoms with Gasteiger partial charge >= 0.3 is 0 Å². The lowest BCUT2D eigenvalue weighted by Gasteiger charge is -2.17. The van der Waals surface area contributed by atoms with Crippen LogP contribution in [0.1, 0.15) is 20.3 Å². The first-order valence-electron chi connectivity index (χ1n) is 5.94. The second-order valence-electron chi connectivity index (χ2n) is 4.18. The molecular weight excluding hydrogens is 230 g/mol. The highest BCUT2D eigenvalue weighted by molar-refractivity contribution is 6.28. The zero-order valence-electron chi connectivity index (χ0n) is 10.4. The molecule has 0 radical (unpaired) electrons. The molecule has 4 heteroatoms. The lowest BCUT2D eigenvalue weighted by molar-refractivity contribution is -0.119. The van der Waals surface area contributed by atoms with Gasteiger partial charge < -0.3 is 4.74 Å². The molecule has 0 spiro atoms. The molecular formula is C14H15NO3. The van der Waals surface area contributed by atoms with E-state index in [1.54, 1.807) is 18.2 Å². The second-order valence-corrected chi connectivity index (χ2v) is 4.18. The van der Waals surface area contributed by atoms with E-state index in [4.69, 9.17) is 4.74 Å². The highest BCUT2D eigenvalue weighted by Gasteiger charge is 2.25. The highest BCUT2D eigenvalue weighted by atomic mass is 16.5. The minimum atomic E-state index is -0.319. The van der Waals surface area contributed by atoms with Crippen LogP contribution in [0.3, 0.4) is 0 Å². The van der Waals surface area contributed by atoms with E-state index in [1.165, 1.54) is 12.2 Å². The molecule has 94 valence electrons. The van der Waals surface area contributed by atoms with Crippen molar-refractivity contribution in [1.29, 1.82) is 0 Å². The molecule has 2 amide bonds. The smallest absolute Gasteiger partial charge is 0.258 e. The van der Waals surface area contributed by atoms with Crippen LogP contribution in [0.4, 0.5) is 5.69 Å². The number of rotatable bonds is 4. The summed E-state index contributed by atoms with van der Waals surface area (Å²) in [5.74, 6) is 0.0238. The summed E-state index contributed by atoms with van der Waals surface area (Å²) >= 11 is 0. The Morgan fingerprint density at radius 1 is 1.22 bits per heavy atom. The first-order valence-corrected chi connectivity index (χ1v) is 5.94. The summed E-state index contributed by atoms with van der Waals surface area (Å²) in [7, 11) is 0. The van der Waals surface area contributed by atoms with Gasteiger partial charge in [-0.1, -0.05) is 13.0 Å². The zero-order valence-corrected chi connectivity index (χ0v) is 10.4. The van der Waals surface area contributed by atoms with Crippen molar-refractivity contribution < 1.29 is 14.3 Å². The van der Waals surface area contributed by atoms with E-state index in [-0.39, 0.29) is 17.9 Å². The minimum Gasteiger partial charge on any atom is -0.491 e. The predicted molar refractivity (Wildman–Crippen MR) is 68.5 cm³/mol. The summed E-state index contributed by atoms with van der Waals surface area (Å²) in [6, 6.07) is 7.00. The van der Waals surface area contributed by atoms with Crippen molar-refractivity contribution in [2.45, 2.75) is 26.4 Å². The largest absolute Gasteiger partial charge is 0.491 e. The molecule has 0 bridgehead atoms. The maximum atomic E-state index is 11.6. The number of nitrogens with zero attached hydrogens (tertiary/aromatic N) is 1. The molecule has 1 heterocycles. The Bertz CT molecular complexity index is 490. The third-order valence-electron chi connectivity index (χ3n) is 2.80. The summed E-state index contributed by atoms with van der Waals surface area (Å²) in [6.45, 7) is 4.01. The summed E-state index contributed by atoms with van der Waals surface area (Å²) < 4.78 is 5.66. The molecule has 0 aliphatic carbocycles. The Balaban J connectivity index is 2.22. The van der Waals surface area contributed by atoms with Crippen LogP contribution in [0.2, 0.25) is 0 Å². The molecule has 4 nitrogen and oxygen atoms in total. The van der Waals surface area contributed by atoms with Crippen LogP contribution in [-0.4, -0.2) is 17.9 Å². The van der Waals surface area contributed by atoms with Crippen molar-refractivity contribution in [2.24, 2.45) is 0 Å². The van der Waals surface area contributed by atoms with Crippen molar-refractivity contribution in [1.82, 2.24) is 0 Å². The normalized spacial score (nSPS) is 16.2. The Labute approximate surface area is 106 Å². The number of hydrogen-bond donors (Lipinski definition) is 0. The van der Waals surface area contributed by atoms with Crippen LogP contribution >= 0.6 is 0 Å². The van der Waals surface area contributed by atoms with Crippen molar-refractivity contribution in [3.05, 3.63) is 36.4 Å². The average Bonchev–Trinajstić information content (AvgIpc) is 2.69. The molecule has 1 aliphatic heterocycles. The van der Waals surface area contributed by atoms with E-state index in [1.807, 2.05) is 19.9 Å². The van der Waals surface area contributed by atoms with Gasteiger partial charge in [-0.3, -0.25) is 9.59 Å². The summed E-state index contributed by atoms with van der Waals surface area (Å²) in [4.78, 5) is 24.2. The highest BCUT2D eigenvalue weighted by Crippen LogP contribution is 2.24. The molecule has 1 aromatic rings. The fourth-order valence-electron chi connectivity index (χ4n) is 1.67. The lowest BCUT2D eigenvalue weighted by Crippen LogP contribution is -2.29. The third-order valence-corrected chi connectivity index (χ3v) is 2.80. The fraction of sp³-hybridized carbons (Fsp3) is 0.286. The van der Waals surface area contributed by atoms with Crippen molar-refractivity contribution in [2.75, 3.05) is 4.90 Å². The van der Waals surface area contributed by atoms with Gasteiger partial charge in [0.2, 0.25) is 0 Å². The second kappa shape index (κ2) is 5.04. The van der Waals surface area contributed by atoms with E-state index in [2.05, 4.69) is 0 Å². The maximum absolute atomic E-state index is 11.6. The van der Waals surface area contributed by atoms with Gasteiger partial charge in [0.15, 0.2) is 0 Å². The van der Waals surface area contributed by atoms with Gasteiger partial charge in [-0.25, -0.2) is 4.90 Å². The zero-order chi connectivity index (χ0) is 13.1.